The molecule has 0 saturated carbocycles. The number of thioether (sulfide) groups is 1. The summed E-state index contributed by atoms with van der Waals surface area (Å²) in [5.41, 5.74) is -1.60. The molecule has 0 saturated heterocycles. The number of alkyl halides is 6. The zero-order valence-electron chi connectivity index (χ0n) is 20.1. The lowest BCUT2D eigenvalue weighted by atomic mass is 10.1. The molecule has 1 amide bonds. The maximum Gasteiger partial charge on any atom is 0.415 e. The van der Waals surface area contributed by atoms with Crippen LogP contribution < -0.4 is 10.6 Å². The van der Waals surface area contributed by atoms with Crippen LogP contribution in [0.4, 0.5) is 26.3 Å². The summed E-state index contributed by atoms with van der Waals surface area (Å²) in [5, 5.41) is 5.81. The maximum absolute atomic E-state index is 12.8. The third-order valence-corrected chi connectivity index (χ3v) is 6.04. The highest BCUT2D eigenvalue weighted by molar-refractivity contribution is 8.02. The molecule has 35 heavy (non-hydrogen) atoms. The molecule has 0 bridgehead atoms. The van der Waals surface area contributed by atoms with Crippen molar-refractivity contribution in [1.82, 2.24) is 10.6 Å². The second-order valence-corrected chi connectivity index (χ2v) is 8.91. The van der Waals surface area contributed by atoms with Crippen LogP contribution in [0, 0.1) is 0 Å². The van der Waals surface area contributed by atoms with Crippen LogP contribution in [0.3, 0.4) is 0 Å². The molecule has 0 heterocycles. The highest BCUT2D eigenvalue weighted by Gasteiger charge is 2.32. The molecule has 3 nitrogen and oxygen atoms in total. The molecule has 1 aliphatic rings. The fourth-order valence-corrected chi connectivity index (χ4v) is 3.52. The Labute approximate surface area is 207 Å². The molecule has 0 radical (unpaired) electrons. The van der Waals surface area contributed by atoms with Crippen LogP contribution in [-0.2, 0) is 4.79 Å². The van der Waals surface area contributed by atoms with Gasteiger partial charge in [-0.1, -0.05) is 31.7 Å². The van der Waals surface area contributed by atoms with E-state index < -0.39 is 36.0 Å². The Hall–Kier alpha value is -2.20. The van der Waals surface area contributed by atoms with Crippen molar-refractivity contribution in [2.75, 3.05) is 19.3 Å². The number of allylic oxidation sites excluding steroid dienone is 6. The van der Waals surface area contributed by atoms with Gasteiger partial charge in [0.2, 0.25) is 5.91 Å². The van der Waals surface area contributed by atoms with E-state index in [0.29, 0.717) is 25.1 Å². The van der Waals surface area contributed by atoms with Crippen molar-refractivity contribution in [2.45, 2.75) is 57.9 Å². The zero-order valence-corrected chi connectivity index (χ0v) is 20.9. The lowest BCUT2D eigenvalue weighted by Gasteiger charge is -2.17. The van der Waals surface area contributed by atoms with Crippen molar-refractivity contribution in [3.05, 3.63) is 70.2 Å². The van der Waals surface area contributed by atoms with Gasteiger partial charge in [-0.2, -0.15) is 26.3 Å². The third-order valence-electron chi connectivity index (χ3n) is 5.27. The smallest absolute Gasteiger partial charge is 0.352 e. The molecule has 2 N–H and O–H groups in total. The highest BCUT2D eigenvalue weighted by atomic mass is 32.2. The molecule has 0 aromatic heterocycles. The second kappa shape index (κ2) is 14.4. The van der Waals surface area contributed by atoms with Crippen LogP contribution in [0.25, 0.3) is 0 Å². The first-order chi connectivity index (χ1) is 16.3. The van der Waals surface area contributed by atoms with Gasteiger partial charge in [-0.15, -0.1) is 11.8 Å². The molecule has 1 rings (SSSR count). The quantitative estimate of drug-likeness (QED) is 0.216. The highest BCUT2D eigenvalue weighted by Crippen LogP contribution is 2.29. The zero-order chi connectivity index (χ0) is 26.6. The van der Waals surface area contributed by atoms with E-state index in [-0.39, 0.29) is 18.0 Å². The van der Waals surface area contributed by atoms with Crippen LogP contribution in [-0.4, -0.2) is 43.6 Å². The number of carbonyl (C=O) groups excluding carboxylic acids is 1. The van der Waals surface area contributed by atoms with E-state index in [4.69, 9.17) is 0 Å². The van der Waals surface area contributed by atoms with Crippen LogP contribution in [0.5, 0.6) is 0 Å². The molecule has 10 heteroatoms. The SMILES string of the molecule is C=C(/C=C(\C=C(/C)C(F)(F)F)CNC(=O)CCC(CC)NCC1=CCC=C(SC)C=C1)C(F)(F)F. The van der Waals surface area contributed by atoms with Gasteiger partial charge in [0.1, 0.15) is 0 Å². The Bertz CT molecular complexity index is 895. The fourth-order valence-electron chi connectivity index (χ4n) is 3.05. The van der Waals surface area contributed by atoms with Crippen molar-refractivity contribution >= 4 is 17.7 Å². The normalized spacial score (nSPS) is 16.4. The van der Waals surface area contributed by atoms with Gasteiger partial charge in [0.05, 0.1) is 0 Å². The van der Waals surface area contributed by atoms with Gasteiger partial charge < -0.3 is 10.6 Å². The van der Waals surface area contributed by atoms with E-state index in [9.17, 15) is 31.1 Å². The number of amides is 1. The summed E-state index contributed by atoms with van der Waals surface area (Å²) in [7, 11) is 0. The molecule has 0 spiro atoms. The first-order valence-electron chi connectivity index (χ1n) is 11.1. The van der Waals surface area contributed by atoms with Gasteiger partial charge in [-0.05, 0) is 61.8 Å². The van der Waals surface area contributed by atoms with Gasteiger partial charge in [0.15, 0.2) is 0 Å². The molecule has 196 valence electrons. The maximum atomic E-state index is 12.8. The molecule has 1 unspecified atom stereocenters. The van der Waals surface area contributed by atoms with Crippen molar-refractivity contribution < 1.29 is 31.1 Å². The van der Waals surface area contributed by atoms with Crippen molar-refractivity contribution in [2.24, 2.45) is 0 Å². The minimum atomic E-state index is -4.79. The molecular formula is C25H32F6N2OS. The van der Waals surface area contributed by atoms with Gasteiger partial charge in [-0.3, -0.25) is 4.79 Å². The number of nitrogens with one attached hydrogen (secondary N) is 2. The van der Waals surface area contributed by atoms with E-state index in [1.807, 2.05) is 25.3 Å². The Morgan fingerprint density at radius 2 is 1.83 bits per heavy atom. The van der Waals surface area contributed by atoms with Crippen molar-refractivity contribution in [3.63, 3.8) is 0 Å². The predicted molar refractivity (Wildman–Crippen MR) is 131 cm³/mol. The Balaban J connectivity index is 2.67. The molecular weight excluding hydrogens is 490 g/mol. The minimum Gasteiger partial charge on any atom is -0.352 e. The Kier molecular flexibility index (Phi) is 12.7. The van der Waals surface area contributed by atoms with Gasteiger partial charge >= 0.3 is 12.4 Å². The number of carbonyl (C=O) groups is 1. The fraction of sp³-hybridized carbons (Fsp3) is 0.480. The van der Waals surface area contributed by atoms with Crippen molar-refractivity contribution in [1.29, 1.82) is 0 Å². The summed E-state index contributed by atoms with van der Waals surface area (Å²) >= 11 is 1.67. The second-order valence-electron chi connectivity index (χ2n) is 8.03. The summed E-state index contributed by atoms with van der Waals surface area (Å²) in [5.74, 6) is -0.464. The number of halogens is 6. The molecule has 0 aromatic rings. The van der Waals surface area contributed by atoms with Gasteiger partial charge in [0.25, 0.3) is 0 Å². The standard InChI is InChI=1S/C25H32F6N2OS/c1-5-21(32-15-19-7-6-8-22(35-4)11-9-19)10-12-23(34)33-16-20(13-17(2)24(26,27)28)14-18(3)25(29,30)31/h7-9,11,13-14,21,32H,2,5-6,10,12,15-16H2,1,3-4H3,(H,33,34)/b18-14+,20-13+. The predicted octanol–water partition coefficient (Wildman–Crippen LogP) is 6.94. The van der Waals surface area contributed by atoms with E-state index in [2.05, 4.69) is 29.4 Å². The summed E-state index contributed by atoms with van der Waals surface area (Å²) < 4.78 is 77.0. The van der Waals surface area contributed by atoms with E-state index in [1.54, 1.807) is 11.8 Å². The summed E-state index contributed by atoms with van der Waals surface area (Å²) in [4.78, 5) is 13.5. The molecule has 1 aliphatic carbocycles. The lowest BCUT2D eigenvalue weighted by molar-refractivity contribution is -0.121. The van der Waals surface area contributed by atoms with Crippen LogP contribution >= 0.6 is 11.8 Å². The molecule has 0 fully saturated rings. The van der Waals surface area contributed by atoms with Crippen LogP contribution in [0.1, 0.15) is 39.5 Å². The third kappa shape index (κ3) is 12.4. The average Bonchev–Trinajstić information content (AvgIpc) is 3.01. The largest absolute Gasteiger partial charge is 0.415 e. The first kappa shape index (κ1) is 30.8. The van der Waals surface area contributed by atoms with Crippen LogP contribution in [0.15, 0.2) is 70.2 Å². The summed E-state index contributed by atoms with van der Waals surface area (Å²) in [6.45, 7) is 5.72. The monoisotopic (exact) mass is 522 g/mol. The Morgan fingerprint density at radius 3 is 2.40 bits per heavy atom. The van der Waals surface area contributed by atoms with Crippen LogP contribution in [0.2, 0.25) is 0 Å². The lowest BCUT2D eigenvalue weighted by Crippen LogP contribution is -2.33. The topological polar surface area (TPSA) is 41.1 Å². The number of hydrogen-bond acceptors (Lipinski definition) is 3. The number of hydrogen-bond donors (Lipinski definition) is 2. The van der Waals surface area contributed by atoms with E-state index in [1.165, 1.54) is 4.91 Å². The summed E-state index contributed by atoms with van der Waals surface area (Å²) in [6.07, 6.45) is 4.09. The molecule has 0 aromatic carbocycles. The number of rotatable bonds is 12. The van der Waals surface area contributed by atoms with E-state index in [0.717, 1.165) is 25.3 Å². The first-order valence-corrected chi connectivity index (χ1v) is 12.3. The van der Waals surface area contributed by atoms with Crippen molar-refractivity contribution in [3.8, 4) is 0 Å². The average molecular weight is 523 g/mol. The Morgan fingerprint density at radius 1 is 1.14 bits per heavy atom. The van der Waals surface area contributed by atoms with Gasteiger partial charge in [0, 0.05) is 41.6 Å². The molecule has 0 aliphatic heterocycles. The van der Waals surface area contributed by atoms with E-state index >= 15 is 0 Å². The van der Waals surface area contributed by atoms with Gasteiger partial charge in [-0.25, -0.2) is 0 Å². The summed E-state index contributed by atoms with van der Waals surface area (Å²) in [6, 6.07) is 0.0265. The molecule has 1 atom stereocenters. The minimum absolute atomic E-state index is 0.0265.